The molecule has 0 spiro atoms. The van der Waals surface area contributed by atoms with Gasteiger partial charge in [0.15, 0.2) is 0 Å². The van der Waals surface area contributed by atoms with E-state index < -0.39 is 0 Å². The molecule has 2 unspecified atom stereocenters. The van der Waals surface area contributed by atoms with E-state index in [1.54, 1.807) is 0 Å². The predicted octanol–water partition coefficient (Wildman–Crippen LogP) is 1.04. The number of nitrogens with two attached hydrogens (primary N) is 1. The Hall–Kier alpha value is -0.610. The van der Waals surface area contributed by atoms with Crippen molar-refractivity contribution >= 4 is 5.84 Å². The van der Waals surface area contributed by atoms with E-state index in [0.717, 1.165) is 32.5 Å². The third-order valence-corrected chi connectivity index (χ3v) is 3.78. The fraction of sp³-hybridized carbons (Fsp3) is 0.917. The van der Waals surface area contributed by atoms with Gasteiger partial charge in [-0.15, -0.1) is 0 Å². The molecule has 1 saturated heterocycles. The average molecular weight is 227 g/mol. The Morgan fingerprint density at radius 2 is 2.19 bits per heavy atom. The van der Waals surface area contributed by atoms with Gasteiger partial charge in [0.2, 0.25) is 0 Å². The first kappa shape index (κ1) is 13.5. The van der Waals surface area contributed by atoms with Gasteiger partial charge in [-0.2, -0.15) is 0 Å². The van der Waals surface area contributed by atoms with E-state index in [4.69, 9.17) is 11.1 Å². The topological polar surface area (TPSA) is 73.3 Å². The van der Waals surface area contributed by atoms with E-state index in [1.165, 1.54) is 0 Å². The molecule has 1 fully saturated rings. The van der Waals surface area contributed by atoms with Crippen molar-refractivity contribution in [2.24, 2.45) is 17.1 Å². The first-order valence-corrected chi connectivity index (χ1v) is 6.08. The van der Waals surface area contributed by atoms with Crippen molar-refractivity contribution in [1.29, 1.82) is 5.41 Å². The van der Waals surface area contributed by atoms with Crippen molar-refractivity contribution in [3.05, 3.63) is 0 Å². The highest BCUT2D eigenvalue weighted by Crippen LogP contribution is 2.22. The Labute approximate surface area is 98.3 Å². The summed E-state index contributed by atoms with van der Waals surface area (Å²) in [6, 6.07) is 0. The van der Waals surface area contributed by atoms with Crippen LogP contribution in [0.15, 0.2) is 0 Å². The summed E-state index contributed by atoms with van der Waals surface area (Å²) >= 11 is 0. The highest BCUT2D eigenvalue weighted by molar-refractivity contribution is 5.82. The SMILES string of the molecule is CC1CCN(CCC(C)(C)C(=N)N)CC1O. The van der Waals surface area contributed by atoms with E-state index in [0.29, 0.717) is 5.92 Å². The van der Waals surface area contributed by atoms with Crippen LogP contribution in [0, 0.1) is 16.7 Å². The summed E-state index contributed by atoms with van der Waals surface area (Å²) < 4.78 is 0. The third kappa shape index (κ3) is 3.46. The minimum atomic E-state index is -0.228. The molecule has 0 amide bonds. The van der Waals surface area contributed by atoms with Crippen LogP contribution < -0.4 is 5.73 Å². The zero-order valence-corrected chi connectivity index (χ0v) is 10.7. The van der Waals surface area contributed by atoms with Gasteiger partial charge in [0.1, 0.15) is 0 Å². The van der Waals surface area contributed by atoms with Crippen LogP contribution in [0.5, 0.6) is 0 Å². The van der Waals surface area contributed by atoms with Gasteiger partial charge in [-0.1, -0.05) is 20.8 Å². The van der Waals surface area contributed by atoms with Gasteiger partial charge in [0.05, 0.1) is 11.9 Å². The van der Waals surface area contributed by atoms with Crippen LogP contribution in [-0.4, -0.2) is 41.6 Å². The Morgan fingerprint density at radius 1 is 1.56 bits per heavy atom. The monoisotopic (exact) mass is 227 g/mol. The lowest BCUT2D eigenvalue weighted by Gasteiger charge is -2.36. The molecule has 1 heterocycles. The Kier molecular flexibility index (Phi) is 4.33. The highest BCUT2D eigenvalue weighted by atomic mass is 16.3. The molecule has 0 aromatic rings. The molecule has 1 aliphatic heterocycles. The first-order valence-electron chi connectivity index (χ1n) is 6.08. The third-order valence-electron chi connectivity index (χ3n) is 3.78. The molecule has 0 radical (unpaired) electrons. The van der Waals surface area contributed by atoms with Crippen LogP contribution in [0.3, 0.4) is 0 Å². The molecule has 0 aromatic carbocycles. The second-order valence-corrected chi connectivity index (χ2v) is 5.68. The summed E-state index contributed by atoms with van der Waals surface area (Å²) in [6.07, 6.45) is 1.74. The largest absolute Gasteiger partial charge is 0.392 e. The molecule has 4 N–H and O–H groups in total. The molecule has 16 heavy (non-hydrogen) atoms. The number of nitrogens with one attached hydrogen (secondary N) is 1. The molecule has 0 aromatic heterocycles. The number of hydrogen-bond acceptors (Lipinski definition) is 3. The van der Waals surface area contributed by atoms with Crippen molar-refractivity contribution in [2.45, 2.75) is 39.7 Å². The van der Waals surface area contributed by atoms with Gasteiger partial charge in [0.25, 0.3) is 0 Å². The smallest absolute Gasteiger partial charge is 0.0963 e. The van der Waals surface area contributed by atoms with E-state index in [2.05, 4.69) is 11.8 Å². The molecule has 0 bridgehead atoms. The summed E-state index contributed by atoms with van der Waals surface area (Å²) in [4.78, 5) is 2.27. The molecule has 2 atom stereocenters. The van der Waals surface area contributed by atoms with Gasteiger partial charge in [-0.25, -0.2) is 0 Å². The first-order chi connectivity index (χ1) is 7.33. The van der Waals surface area contributed by atoms with Gasteiger partial charge in [0, 0.05) is 12.0 Å². The maximum absolute atomic E-state index is 9.78. The van der Waals surface area contributed by atoms with Crippen molar-refractivity contribution in [3.8, 4) is 0 Å². The lowest BCUT2D eigenvalue weighted by molar-refractivity contribution is 0.0265. The van der Waals surface area contributed by atoms with Crippen LogP contribution in [0.25, 0.3) is 0 Å². The number of aliphatic hydroxyl groups is 1. The number of amidine groups is 1. The lowest BCUT2D eigenvalue weighted by Crippen LogP contribution is -2.44. The summed E-state index contributed by atoms with van der Waals surface area (Å²) in [5.41, 5.74) is 5.32. The molecule has 0 aliphatic carbocycles. The summed E-state index contributed by atoms with van der Waals surface area (Å²) in [6.45, 7) is 8.82. The number of hydrogen-bond donors (Lipinski definition) is 3. The van der Waals surface area contributed by atoms with Crippen LogP contribution >= 0.6 is 0 Å². The number of rotatable bonds is 4. The number of β-amino-alcohol motifs (C(OH)–C–C–N with tert-alkyl or cyclic N) is 1. The average Bonchev–Trinajstić information content (AvgIpc) is 2.20. The van der Waals surface area contributed by atoms with Crippen molar-refractivity contribution in [2.75, 3.05) is 19.6 Å². The minimum Gasteiger partial charge on any atom is -0.392 e. The Balaban J connectivity index is 2.36. The number of likely N-dealkylation sites (tertiary alicyclic amines) is 1. The van der Waals surface area contributed by atoms with Crippen molar-refractivity contribution in [3.63, 3.8) is 0 Å². The molecule has 4 nitrogen and oxygen atoms in total. The molecular formula is C12H25N3O. The Bertz CT molecular complexity index is 253. The summed E-state index contributed by atoms with van der Waals surface area (Å²) in [5, 5.41) is 17.3. The predicted molar refractivity (Wildman–Crippen MR) is 66.5 cm³/mol. The summed E-state index contributed by atoms with van der Waals surface area (Å²) in [5.74, 6) is 0.662. The zero-order valence-electron chi connectivity index (χ0n) is 10.7. The quantitative estimate of drug-likeness (QED) is 0.496. The molecular weight excluding hydrogens is 202 g/mol. The maximum atomic E-state index is 9.78. The van der Waals surface area contributed by atoms with Crippen LogP contribution in [0.4, 0.5) is 0 Å². The Morgan fingerprint density at radius 3 is 2.69 bits per heavy atom. The van der Waals surface area contributed by atoms with E-state index in [1.807, 2.05) is 13.8 Å². The van der Waals surface area contributed by atoms with Crippen molar-refractivity contribution < 1.29 is 5.11 Å². The molecule has 4 heteroatoms. The molecule has 1 rings (SSSR count). The molecule has 1 aliphatic rings. The highest BCUT2D eigenvalue weighted by Gasteiger charge is 2.27. The summed E-state index contributed by atoms with van der Waals surface area (Å²) in [7, 11) is 0. The normalized spacial score (nSPS) is 28.0. The van der Waals surface area contributed by atoms with Gasteiger partial charge < -0.3 is 15.7 Å². The van der Waals surface area contributed by atoms with Crippen LogP contribution in [-0.2, 0) is 0 Å². The van der Waals surface area contributed by atoms with Gasteiger partial charge in [-0.3, -0.25) is 5.41 Å². The fourth-order valence-electron chi connectivity index (χ4n) is 1.89. The second kappa shape index (κ2) is 5.15. The number of aliphatic hydroxyl groups excluding tert-OH is 1. The number of nitrogens with zero attached hydrogens (tertiary/aromatic N) is 1. The van der Waals surface area contributed by atoms with E-state index in [9.17, 15) is 5.11 Å². The minimum absolute atomic E-state index is 0.200. The number of piperidine rings is 1. The van der Waals surface area contributed by atoms with Crippen LogP contribution in [0.1, 0.15) is 33.6 Å². The van der Waals surface area contributed by atoms with Gasteiger partial charge >= 0.3 is 0 Å². The zero-order chi connectivity index (χ0) is 12.3. The molecule has 94 valence electrons. The lowest BCUT2D eigenvalue weighted by atomic mass is 9.87. The van der Waals surface area contributed by atoms with E-state index >= 15 is 0 Å². The van der Waals surface area contributed by atoms with Gasteiger partial charge in [-0.05, 0) is 31.8 Å². The standard InChI is InChI=1S/C12H25N3O/c1-9-4-6-15(8-10(9)16)7-5-12(2,3)11(13)14/h9-10,16H,4-8H2,1-3H3,(H3,13,14). The van der Waals surface area contributed by atoms with E-state index in [-0.39, 0.29) is 17.4 Å². The molecule has 0 saturated carbocycles. The second-order valence-electron chi connectivity index (χ2n) is 5.68. The fourth-order valence-corrected chi connectivity index (χ4v) is 1.89. The van der Waals surface area contributed by atoms with Crippen molar-refractivity contribution in [1.82, 2.24) is 4.90 Å². The maximum Gasteiger partial charge on any atom is 0.0963 e. The van der Waals surface area contributed by atoms with Crippen LogP contribution in [0.2, 0.25) is 0 Å².